The summed E-state index contributed by atoms with van der Waals surface area (Å²) < 4.78 is 5.17. The minimum atomic E-state index is -0.228. The molecule has 0 spiro atoms. The lowest BCUT2D eigenvalue weighted by Gasteiger charge is -1.91. The van der Waals surface area contributed by atoms with Crippen molar-refractivity contribution >= 4 is 5.78 Å². The van der Waals surface area contributed by atoms with Crippen molar-refractivity contribution in [2.24, 2.45) is 0 Å². The molecular weight excluding hydrogens is 154 g/mol. The van der Waals surface area contributed by atoms with E-state index in [0.717, 1.165) is 5.56 Å². The molecule has 1 aliphatic heterocycles. The normalized spacial score (nSPS) is 26.8. The Balaban J connectivity index is 2.11. The summed E-state index contributed by atoms with van der Waals surface area (Å²) in [6, 6.07) is 3.76. The molecule has 0 unspecified atom stereocenters. The molecule has 2 heterocycles. The van der Waals surface area contributed by atoms with Crippen molar-refractivity contribution in [2.75, 3.05) is 0 Å². The number of ether oxygens (including phenoxy) is 1. The lowest BCUT2D eigenvalue weighted by molar-refractivity contribution is -0.118. The Kier molecular flexibility index (Phi) is 1.66. The fourth-order valence-corrected chi connectivity index (χ4v) is 1.22. The zero-order valence-corrected chi connectivity index (χ0v) is 6.73. The van der Waals surface area contributed by atoms with Gasteiger partial charge in [0.2, 0.25) is 0 Å². The second kappa shape index (κ2) is 2.68. The summed E-state index contributed by atoms with van der Waals surface area (Å²) in [5, 5.41) is 0. The summed E-state index contributed by atoms with van der Waals surface area (Å²) in [5.41, 5.74) is 0.984. The number of hydrogen-bond acceptors (Lipinski definition) is 3. The predicted octanol–water partition coefficient (Wildman–Crippen LogP) is 1.11. The predicted molar refractivity (Wildman–Crippen MR) is 42.5 cm³/mol. The average Bonchev–Trinajstić information content (AvgIpc) is 2.84. The Bertz CT molecular complexity index is 297. The van der Waals surface area contributed by atoms with Crippen LogP contribution in [0.5, 0.6) is 0 Å². The van der Waals surface area contributed by atoms with Gasteiger partial charge in [-0.3, -0.25) is 9.78 Å². The highest BCUT2D eigenvalue weighted by molar-refractivity contribution is 5.83. The van der Waals surface area contributed by atoms with E-state index in [2.05, 4.69) is 4.98 Å². The SMILES string of the molecule is CC(=O)[C@H]1O[C@@H]1c1cccnc1. The Morgan fingerprint density at radius 1 is 1.67 bits per heavy atom. The van der Waals surface area contributed by atoms with Gasteiger partial charge in [0, 0.05) is 18.0 Å². The molecule has 0 N–H and O–H groups in total. The van der Waals surface area contributed by atoms with E-state index in [1.807, 2.05) is 12.1 Å². The van der Waals surface area contributed by atoms with Crippen LogP contribution in [0.4, 0.5) is 0 Å². The standard InChI is InChI=1S/C9H9NO2/c1-6(11)8-9(12-8)7-3-2-4-10-5-7/h2-5,8-9H,1H3/t8-,9-/m1/s1. The molecule has 0 bridgehead atoms. The van der Waals surface area contributed by atoms with Crippen molar-refractivity contribution in [3.63, 3.8) is 0 Å². The molecule has 1 aromatic heterocycles. The zero-order chi connectivity index (χ0) is 8.55. The minimum Gasteiger partial charge on any atom is -0.356 e. The lowest BCUT2D eigenvalue weighted by atomic mass is 10.1. The summed E-state index contributed by atoms with van der Waals surface area (Å²) in [6.45, 7) is 1.54. The first-order chi connectivity index (χ1) is 5.79. The second-order valence-electron chi connectivity index (χ2n) is 2.87. The topological polar surface area (TPSA) is 42.5 Å². The van der Waals surface area contributed by atoms with Crippen LogP contribution in [0.2, 0.25) is 0 Å². The maximum Gasteiger partial charge on any atom is 0.161 e. The first kappa shape index (κ1) is 7.43. The molecule has 0 radical (unpaired) electrons. The quantitative estimate of drug-likeness (QED) is 0.613. The highest BCUT2D eigenvalue weighted by atomic mass is 16.6. The van der Waals surface area contributed by atoms with Crippen LogP contribution >= 0.6 is 0 Å². The summed E-state index contributed by atoms with van der Waals surface area (Å²) in [6.07, 6.45) is 3.16. The summed E-state index contributed by atoms with van der Waals surface area (Å²) in [5.74, 6) is 0.0869. The third-order valence-corrected chi connectivity index (χ3v) is 1.91. The summed E-state index contributed by atoms with van der Waals surface area (Å²) in [7, 11) is 0. The van der Waals surface area contributed by atoms with Gasteiger partial charge in [0.15, 0.2) is 5.78 Å². The molecule has 0 aliphatic carbocycles. The van der Waals surface area contributed by atoms with Gasteiger partial charge in [0.1, 0.15) is 12.2 Å². The zero-order valence-electron chi connectivity index (χ0n) is 6.73. The molecule has 3 nitrogen and oxygen atoms in total. The van der Waals surface area contributed by atoms with Gasteiger partial charge >= 0.3 is 0 Å². The van der Waals surface area contributed by atoms with Crippen molar-refractivity contribution in [1.82, 2.24) is 4.98 Å². The number of pyridine rings is 1. The van der Waals surface area contributed by atoms with Crippen molar-refractivity contribution in [1.29, 1.82) is 0 Å². The van der Waals surface area contributed by atoms with Crippen LogP contribution in [0.1, 0.15) is 18.6 Å². The van der Waals surface area contributed by atoms with Crippen LogP contribution < -0.4 is 0 Å². The number of ketones is 1. The van der Waals surface area contributed by atoms with Gasteiger partial charge in [-0.05, 0) is 13.0 Å². The average molecular weight is 163 g/mol. The molecule has 1 aromatic rings. The largest absolute Gasteiger partial charge is 0.356 e. The fourth-order valence-electron chi connectivity index (χ4n) is 1.22. The van der Waals surface area contributed by atoms with Gasteiger partial charge in [-0.1, -0.05) is 6.07 Å². The number of aromatic nitrogens is 1. The fraction of sp³-hybridized carbons (Fsp3) is 0.333. The number of rotatable bonds is 2. The summed E-state index contributed by atoms with van der Waals surface area (Å²) >= 11 is 0. The molecule has 1 saturated heterocycles. The van der Waals surface area contributed by atoms with Crippen molar-refractivity contribution in [3.8, 4) is 0 Å². The molecule has 0 amide bonds. The van der Waals surface area contributed by atoms with E-state index in [0.29, 0.717) is 0 Å². The molecule has 0 saturated carbocycles. The van der Waals surface area contributed by atoms with Crippen LogP contribution in [0.25, 0.3) is 0 Å². The van der Waals surface area contributed by atoms with Crippen molar-refractivity contribution in [2.45, 2.75) is 19.1 Å². The van der Waals surface area contributed by atoms with Crippen LogP contribution in [0, 0.1) is 0 Å². The molecule has 12 heavy (non-hydrogen) atoms. The van der Waals surface area contributed by atoms with Crippen LogP contribution in [-0.4, -0.2) is 16.9 Å². The van der Waals surface area contributed by atoms with Crippen LogP contribution in [-0.2, 0) is 9.53 Å². The molecular formula is C9H9NO2. The van der Waals surface area contributed by atoms with E-state index in [1.54, 1.807) is 19.3 Å². The van der Waals surface area contributed by atoms with E-state index in [-0.39, 0.29) is 18.0 Å². The van der Waals surface area contributed by atoms with E-state index < -0.39 is 0 Å². The minimum absolute atomic E-state index is 0.0452. The number of carbonyl (C=O) groups excluding carboxylic acids is 1. The van der Waals surface area contributed by atoms with E-state index in [4.69, 9.17) is 4.74 Å². The highest BCUT2D eigenvalue weighted by Gasteiger charge is 2.43. The monoisotopic (exact) mass is 163 g/mol. The molecule has 1 fully saturated rings. The van der Waals surface area contributed by atoms with Crippen LogP contribution in [0.3, 0.4) is 0 Å². The second-order valence-corrected chi connectivity index (χ2v) is 2.87. The van der Waals surface area contributed by atoms with Gasteiger partial charge in [-0.25, -0.2) is 0 Å². The Labute approximate surface area is 70.4 Å². The van der Waals surface area contributed by atoms with E-state index in [1.165, 1.54) is 0 Å². The van der Waals surface area contributed by atoms with E-state index >= 15 is 0 Å². The molecule has 2 rings (SSSR count). The number of hydrogen-bond donors (Lipinski definition) is 0. The number of epoxide rings is 1. The third kappa shape index (κ3) is 1.23. The van der Waals surface area contributed by atoms with Crippen molar-refractivity contribution < 1.29 is 9.53 Å². The molecule has 62 valence electrons. The summed E-state index contributed by atoms with van der Waals surface area (Å²) in [4.78, 5) is 14.8. The van der Waals surface area contributed by atoms with Crippen LogP contribution in [0.15, 0.2) is 24.5 Å². The first-order valence-corrected chi connectivity index (χ1v) is 3.85. The first-order valence-electron chi connectivity index (χ1n) is 3.85. The number of carbonyl (C=O) groups is 1. The Morgan fingerprint density at radius 2 is 2.50 bits per heavy atom. The van der Waals surface area contributed by atoms with Gasteiger partial charge < -0.3 is 4.74 Å². The van der Waals surface area contributed by atoms with Gasteiger partial charge in [0.05, 0.1) is 0 Å². The molecule has 3 heteroatoms. The molecule has 1 aliphatic rings. The van der Waals surface area contributed by atoms with Crippen molar-refractivity contribution in [3.05, 3.63) is 30.1 Å². The molecule has 2 atom stereocenters. The Morgan fingerprint density at radius 3 is 3.00 bits per heavy atom. The van der Waals surface area contributed by atoms with E-state index in [9.17, 15) is 4.79 Å². The van der Waals surface area contributed by atoms with Gasteiger partial charge in [-0.2, -0.15) is 0 Å². The maximum absolute atomic E-state index is 10.8. The maximum atomic E-state index is 10.8. The smallest absolute Gasteiger partial charge is 0.161 e. The Hall–Kier alpha value is -1.22. The number of Topliss-reactive ketones (excluding diaryl/α,β-unsaturated/α-hetero) is 1. The molecule has 0 aromatic carbocycles. The number of nitrogens with zero attached hydrogens (tertiary/aromatic N) is 1. The highest BCUT2D eigenvalue weighted by Crippen LogP contribution is 2.38. The van der Waals surface area contributed by atoms with Gasteiger partial charge in [0.25, 0.3) is 0 Å². The lowest BCUT2D eigenvalue weighted by Crippen LogP contribution is -2.00. The van der Waals surface area contributed by atoms with Gasteiger partial charge in [-0.15, -0.1) is 0 Å². The third-order valence-electron chi connectivity index (χ3n) is 1.91.